The predicted octanol–water partition coefficient (Wildman–Crippen LogP) is 1.25. The smallest absolute Gasteiger partial charge is 0.212 e. The molecule has 0 aromatic carbocycles. The van der Waals surface area contributed by atoms with Crippen LogP contribution in [0.5, 0.6) is 0 Å². The second kappa shape index (κ2) is 7.73. The molecule has 118 valence electrons. The summed E-state index contributed by atoms with van der Waals surface area (Å²) in [5.41, 5.74) is 0. The van der Waals surface area contributed by atoms with Gasteiger partial charge in [0.05, 0.1) is 11.9 Å². The molecule has 1 saturated heterocycles. The van der Waals surface area contributed by atoms with Crippen LogP contribution in [0.1, 0.15) is 45.4 Å². The first-order valence-electron chi connectivity index (χ1n) is 7.89. The Morgan fingerprint density at radius 3 is 2.65 bits per heavy atom. The summed E-state index contributed by atoms with van der Waals surface area (Å²) in [6.45, 7) is 3.95. The van der Waals surface area contributed by atoms with Crippen molar-refractivity contribution in [3.05, 3.63) is 0 Å². The standard InChI is InChI=1S/C14H28N2O3S/c1-12-5-4-7-14(12)15-8-10-20(17,18)16-11-13-6-2-3-9-19-13/h12-16H,2-11H2,1H3/t12-,13+,14-/m1/s1. The molecule has 0 spiro atoms. The Labute approximate surface area is 122 Å². The summed E-state index contributed by atoms with van der Waals surface area (Å²) in [5, 5.41) is 3.38. The van der Waals surface area contributed by atoms with Crippen molar-refractivity contribution in [3.8, 4) is 0 Å². The second-order valence-electron chi connectivity index (χ2n) is 6.12. The van der Waals surface area contributed by atoms with Crippen molar-refractivity contribution in [1.82, 2.24) is 10.0 Å². The van der Waals surface area contributed by atoms with Crippen LogP contribution in [0.15, 0.2) is 0 Å². The number of hydrogen-bond donors (Lipinski definition) is 2. The van der Waals surface area contributed by atoms with Crippen LogP contribution in [0.4, 0.5) is 0 Å². The number of ether oxygens (including phenoxy) is 1. The fourth-order valence-electron chi connectivity index (χ4n) is 3.09. The maximum Gasteiger partial charge on any atom is 0.212 e. The van der Waals surface area contributed by atoms with Gasteiger partial charge in [-0.05, 0) is 38.0 Å². The van der Waals surface area contributed by atoms with Crippen molar-refractivity contribution < 1.29 is 13.2 Å². The Bertz CT molecular complexity index is 380. The molecular weight excluding hydrogens is 276 g/mol. The van der Waals surface area contributed by atoms with E-state index in [9.17, 15) is 8.42 Å². The van der Waals surface area contributed by atoms with E-state index in [1.54, 1.807) is 0 Å². The fourth-order valence-corrected chi connectivity index (χ4v) is 4.06. The van der Waals surface area contributed by atoms with Gasteiger partial charge in [-0.1, -0.05) is 13.3 Å². The minimum atomic E-state index is -3.18. The lowest BCUT2D eigenvalue weighted by Gasteiger charge is -2.23. The van der Waals surface area contributed by atoms with Crippen LogP contribution >= 0.6 is 0 Å². The third-order valence-corrected chi connectivity index (χ3v) is 5.79. The molecule has 1 heterocycles. The zero-order valence-electron chi connectivity index (χ0n) is 12.4. The van der Waals surface area contributed by atoms with E-state index >= 15 is 0 Å². The molecule has 0 amide bonds. The highest BCUT2D eigenvalue weighted by Gasteiger charge is 2.23. The van der Waals surface area contributed by atoms with Gasteiger partial charge in [-0.15, -0.1) is 0 Å². The monoisotopic (exact) mass is 304 g/mol. The van der Waals surface area contributed by atoms with E-state index in [1.165, 1.54) is 19.3 Å². The summed E-state index contributed by atoms with van der Waals surface area (Å²) < 4.78 is 32.0. The molecule has 2 rings (SSSR count). The van der Waals surface area contributed by atoms with Crippen molar-refractivity contribution in [1.29, 1.82) is 0 Å². The first kappa shape index (κ1) is 16.2. The molecule has 1 aliphatic heterocycles. The topological polar surface area (TPSA) is 67.4 Å². The quantitative estimate of drug-likeness (QED) is 0.743. The maximum atomic E-state index is 11.9. The molecule has 0 bridgehead atoms. The number of rotatable bonds is 7. The molecule has 5 nitrogen and oxygen atoms in total. The van der Waals surface area contributed by atoms with Gasteiger partial charge in [0.25, 0.3) is 0 Å². The van der Waals surface area contributed by atoms with Crippen LogP contribution in [0.3, 0.4) is 0 Å². The minimum absolute atomic E-state index is 0.0568. The molecule has 1 aliphatic carbocycles. The van der Waals surface area contributed by atoms with Crippen molar-refractivity contribution in [2.24, 2.45) is 5.92 Å². The van der Waals surface area contributed by atoms with E-state index in [0.29, 0.717) is 25.0 Å². The Kier molecular flexibility index (Phi) is 6.26. The van der Waals surface area contributed by atoms with Gasteiger partial charge in [0.2, 0.25) is 10.0 Å². The molecule has 20 heavy (non-hydrogen) atoms. The highest BCUT2D eigenvalue weighted by atomic mass is 32.2. The molecule has 2 N–H and O–H groups in total. The Morgan fingerprint density at radius 1 is 1.15 bits per heavy atom. The van der Waals surface area contributed by atoms with Crippen molar-refractivity contribution in [3.63, 3.8) is 0 Å². The van der Waals surface area contributed by atoms with E-state index in [2.05, 4.69) is 17.0 Å². The van der Waals surface area contributed by atoms with Gasteiger partial charge in [0, 0.05) is 25.7 Å². The van der Waals surface area contributed by atoms with Crippen molar-refractivity contribution >= 4 is 10.0 Å². The van der Waals surface area contributed by atoms with Gasteiger partial charge < -0.3 is 10.1 Å². The average Bonchev–Trinajstić information content (AvgIpc) is 2.83. The molecule has 2 fully saturated rings. The van der Waals surface area contributed by atoms with Crippen molar-refractivity contribution in [2.45, 2.75) is 57.6 Å². The first-order valence-corrected chi connectivity index (χ1v) is 9.54. The average molecular weight is 304 g/mol. The zero-order chi connectivity index (χ0) is 14.4. The van der Waals surface area contributed by atoms with Crippen LogP contribution in [-0.4, -0.2) is 46.0 Å². The third-order valence-electron chi connectivity index (χ3n) is 4.44. The highest BCUT2D eigenvalue weighted by molar-refractivity contribution is 7.89. The Hall–Kier alpha value is -0.170. The first-order chi connectivity index (χ1) is 9.57. The molecular formula is C14H28N2O3S. The van der Waals surface area contributed by atoms with Gasteiger partial charge in [0.15, 0.2) is 0 Å². The van der Waals surface area contributed by atoms with Crippen LogP contribution in [0.25, 0.3) is 0 Å². The molecule has 0 unspecified atom stereocenters. The van der Waals surface area contributed by atoms with Crippen LogP contribution in [0.2, 0.25) is 0 Å². The number of sulfonamides is 1. The summed E-state index contributed by atoms with van der Waals surface area (Å²) in [4.78, 5) is 0. The summed E-state index contributed by atoms with van der Waals surface area (Å²) in [7, 11) is -3.18. The molecule has 3 atom stereocenters. The molecule has 0 radical (unpaired) electrons. The van der Waals surface area contributed by atoms with Gasteiger partial charge in [-0.2, -0.15) is 0 Å². The predicted molar refractivity (Wildman–Crippen MR) is 80.2 cm³/mol. The largest absolute Gasteiger partial charge is 0.377 e. The van der Waals surface area contributed by atoms with Crippen molar-refractivity contribution in [2.75, 3.05) is 25.4 Å². The van der Waals surface area contributed by atoms with E-state index in [1.807, 2.05) is 0 Å². The minimum Gasteiger partial charge on any atom is -0.377 e. The van der Waals surface area contributed by atoms with Gasteiger partial charge in [-0.25, -0.2) is 13.1 Å². The van der Waals surface area contributed by atoms with Gasteiger partial charge in [0.1, 0.15) is 0 Å². The zero-order valence-corrected chi connectivity index (χ0v) is 13.3. The van der Waals surface area contributed by atoms with E-state index in [-0.39, 0.29) is 11.9 Å². The molecule has 2 aliphatic rings. The third kappa shape index (κ3) is 5.31. The van der Waals surface area contributed by atoms with Crippen LogP contribution in [-0.2, 0) is 14.8 Å². The number of nitrogens with one attached hydrogen (secondary N) is 2. The lowest BCUT2D eigenvalue weighted by atomic mass is 10.1. The van der Waals surface area contributed by atoms with Crippen LogP contribution < -0.4 is 10.0 Å². The fraction of sp³-hybridized carbons (Fsp3) is 1.00. The van der Waals surface area contributed by atoms with Crippen LogP contribution in [0, 0.1) is 5.92 Å². The highest BCUT2D eigenvalue weighted by Crippen LogP contribution is 2.24. The Balaban J connectivity index is 1.62. The normalized spacial score (nSPS) is 31.6. The lowest BCUT2D eigenvalue weighted by molar-refractivity contribution is 0.0200. The summed E-state index contributed by atoms with van der Waals surface area (Å²) >= 11 is 0. The summed E-state index contributed by atoms with van der Waals surface area (Å²) in [6, 6.07) is 0.492. The SMILES string of the molecule is C[C@@H]1CCC[C@H]1NCCS(=O)(=O)NC[C@@H]1CCCCO1. The summed E-state index contributed by atoms with van der Waals surface area (Å²) in [6.07, 6.45) is 6.91. The number of hydrogen-bond acceptors (Lipinski definition) is 4. The van der Waals surface area contributed by atoms with E-state index in [0.717, 1.165) is 25.9 Å². The lowest BCUT2D eigenvalue weighted by Crippen LogP contribution is -2.40. The molecule has 0 aromatic heterocycles. The van der Waals surface area contributed by atoms with E-state index in [4.69, 9.17) is 4.74 Å². The van der Waals surface area contributed by atoms with Gasteiger partial charge in [-0.3, -0.25) is 0 Å². The van der Waals surface area contributed by atoms with E-state index < -0.39 is 10.0 Å². The molecule has 1 saturated carbocycles. The molecule has 0 aromatic rings. The van der Waals surface area contributed by atoms with Gasteiger partial charge >= 0.3 is 0 Å². The Morgan fingerprint density at radius 2 is 2.00 bits per heavy atom. The second-order valence-corrected chi connectivity index (χ2v) is 8.05. The molecule has 6 heteroatoms. The maximum absolute atomic E-state index is 11.9. The summed E-state index contributed by atoms with van der Waals surface area (Å²) in [5.74, 6) is 0.824.